The molecule has 0 aliphatic carbocycles. The van der Waals surface area contributed by atoms with Gasteiger partial charge in [0.05, 0.1) is 39.2 Å². The Hall–Kier alpha value is -2.15. The van der Waals surface area contributed by atoms with Crippen molar-refractivity contribution in [3.05, 3.63) is 35.1 Å². The van der Waals surface area contributed by atoms with Crippen LogP contribution in [0.3, 0.4) is 0 Å². The van der Waals surface area contributed by atoms with Gasteiger partial charge >= 0.3 is 0 Å². The lowest BCUT2D eigenvalue weighted by Crippen LogP contribution is -1.97. The molecule has 0 atom stereocenters. The van der Waals surface area contributed by atoms with Crippen molar-refractivity contribution in [3.63, 3.8) is 0 Å². The highest BCUT2D eigenvalue weighted by Crippen LogP contribution is 2.31. The van der Waals surface area contributed by atoms with Crippen LogP contribution >= 0.6 is 0 Å². The van der Waals surface area contributed by atoms with Crippen molar-refractivity contribution >= 4 is 0 Å². The SMILES string of the molecule is COC=C(C#N)Cc1cc(OC)c(OC)cc1C. The first kappa shape index (κ1) is 13.9. The van der Waals surface area contributed by atoms with E-state index in [1.165, 1.54) is 13.4 Å². The third-order valence-corrected chi connectivity index (χ3v) is 2.63. The smallest absolute Gasteiger partial charge is 0.161 e. The molecule has 0 aliphatic rings. The Labute approximate surface area is 107 Å². The maximum atomic E-state index is 8.98. The van der Waals surface area contributed by atoms with Gasteiger partial charge in [-0.3, -0.25) is 0 Å². The largest absolute Gasteiger partial charge is 0.503 e. The van der Waals surface area contributed by atoms with Crippen LogP contribution in [0.5, 0.6) is 11.5 Å². The molecule has 18 heavy (non-hydrogen) atoms. The molecule has 4 heteroatoms. The summed E-state index contributed by atoms with van der Waals surface area (Å²) in [5, 5.41) is 8.98. The van der Waals surface area contributed by atoms with Gasteiger partial charge in [-0.05, 0) is 30.2 Å². The van der Waals surface area contributed by atoms with Crippen molar-refractivity contribution in [2.24, 2.45) is 0 Å². The summed E-state index contributed by atoms with van der Waals surface area (Å²) in [5.41, 5.74) is 2.62. The lowest BCUT2D eigenvalue weighted by molar-refractivity contribution is 0.334. The minimum Gasteiger partial charge on any atom is -0.503 e. The number of allylic oxidation sites excluding steroid dienone is 1. The molecule has 0 radical (unpaired) electrons. The van der Waals surface area contributed by atoms with Crippen molar-refractivity contribution in [2.45, 2.75) is 13.3 Å². The number of hydrogen-bond donors (Lipinski definition) is 0. The molecule has 0 fully saturated rings. The third-order valence-electron chi connectivity index (χ3n) is 2.63. The number of methoxy groups -OCH3 is 3. The van der Waals surface area contributed by atoms with Gasteiger partial charge in [0.25, 0.3) is 0 Å². The van der Waals surface area contributed by atoms with E-state index in [-0.39, 0.29) is 0 Å². The van der Waals surface area contributed by atoms with E-state index in [0.717, 1.165) is 11.1 Å². The molecule has 0 saturated carbocycles. The Morgan fingerprint density at radius 3 is 2.33 bits per heavy atom. The summed E-state index contributed by atoms with van der Waals surface area (Å²) in [4.78, 5) is 0. The summed E-state index contributed by atoms with van der Waals surface area (Å²) in [7, 11) is 4.72. The first-order valence-corrected chi connectivity index (χ1v) is 5.49. The summed E-state index contributed by atoms with van der Waals surface area (Å²) >= 11 is 0. The zero-order chi connectivity index (χ0) is 13.5. The maximum absolute atomic E-state index is 8.98. The topological polar surface area (TPSA) is 51.5 Å². The molecule has 1 aromatic carbocycles. The Kier molecular flexibility index (Phi) is 5.06. The van der Waals surface area contributed by atoms with Crippen LogP contribution in [0.2, 0.25) is 0 Å². The molecule has 96 valence electrons. The summed E-state index contributed by atoms with van der Waals surface area (Å²) in [6, 6.07) is 5.89. The molecule has 0 amide bonds. The van der Waals surface area contributed by atoms with Crippen LogP contribution < -0.4 is 9.47 Å². The molecule has 0 unspecified atom stereocenters. The van der Waals surface area contributed by atoms with Crippen LogP contribution in [0, 0.1) is 18.3 Å². The van der Waals surface area contributed by atoms with Gasteiger partial charge in [0.1, 0.15) is 0 Å². The predicted molar refractivity (Wildman–Crippen MR) is 68.7 cm³/mol. The van der Waals surface area contributed by atoms with Gasteiger partial charge in [0.2, 0.25) is 0 Å². The van der Waals surface area contributed by atoms with Crippen molar-refractivity contribution < 1.29 is 14.2 Å². The van der Waals surface area contributed by atoms with Gasteiger partial charge in [0, 0.05) is 6.42 Å². The molecule has 4 nitrogen and oxygen atoms in total. The molecular formula is C14H17NO3. The molecule has 0 spiro atoms. The second-order valence-electron chi connectivity index (χ2n) is 3.80. The minimum absolute atomic E-state index is 0.510. The zero-order valence-electron chi connectivity index (χ0n) is 11.1. The molecule has 0 saturated heterocycles. The average molecular weight is 247 g/mol. The monoisotopic (exact) mass is 247 g/mol. The quantitative estimate of drug-likeness (QED) is 0.593. The lowest BCUT2D eigenvalue weighted by Gasteiger charge is -2.12. The highest BCUT2D eigenvalue weighted by Gasteiger charge is 2.10. The molecule has 1 aromatic rings. The van der Waals surface area contributed by atoms with E-state index in [2.05, 4.69) is 6.07 Å². The fourth-order valence-corrected chi connectivity index (χ4v) is 1.67. The Bertz CT molecular complexity index is 487. The Morgan fingerprint density at radius 2 is 1.83 bits per heavy atom. The molecule has 0 heterocycles. The summed E-state index contributed by atoms with van der Waals surface area (Å²) in [5.74, 6) is 1.35. The van der Waals surface area contributed by atoms with Gasteiger partial charge in [0.15, 0.2) is 11.5 Å². The van der Waals surface area contributed by atoms with Crippen LogP contribution in [0.1, 0.15) is 11.1 Å². The fourth-order valence-electron chi connectivity index (χ4n) is 1.67. The molecular weight excluding hydrogens is 230 g/mol. The second kappa shape index (κ2) is 6.55. The summed E-state index contributed by atoms with van der Waals surface area (Å²) in [6.45, 7) is 1.97. The molecule has 1 rings (SSSR count). The lowest BCUT2D eigenvalue weighted by atomic mass is 10.0. The van der Waals surface area contributed by atoms with E-state index in [1.54, 1.807) is 14.2 Å². The second-order valence-corrected chi connectivity index (χ2v) is 3.80. The summed E-state index contributed by atoms with van der Waals surface area (Å²) in [6.07, 6.45) is 1.96. The molecule has 0 N–H and O–H groups in total. The van der Waals surface area contributed by atoms with E-state index < -0.39 is 0 Å². The predicted octanol–water partition coefficient (Wildman–Crippen LogP) is 2.61. The Balaban J connectivity index is 3.10. The highest BCUT2D eigenvalue weighted by atomic mass is 16.5. The van der Waals surface area contributed by atoms with E-state index in [9.17, 15) is 0 Å². The number of hydrogen-bond acceptors (Lipinski definition) is 4. The fraction of sp³-hybridized carbons (Fsp3) is 0.357. The van der Waals surface area contributed by atoms with Gasteiger partial charge in [-0.2, -0.15) is 5.26 Å². The van der Waals surface area contributed by atoms with Crippen LogP contribution in [0.25, 0.3) is 0 Å². The van der Waals surface area contributed by atoms with E-state index in [1.807, 2.05) is 19.1 Å². The van der Waals surface area contributed by atoms with Crippen molar-refractivity contribution in [1.29, 1.82) is 5.26 Å². The number of aryl methyl sites for hydroxylation is 1. The first-order chi connectivity index (χ1) is 8.65. The standard InChI is InChI=1S/C14H17NO3/c1-10-5-13(17-3)14(18-4)7-12(10)6-11(8-15)9-16-2/h5,7,9H,6H2,1-4H3. The van der Waals surface area contributed by atoms with Crippen molar-refractivity contribution in [1.82, 2.24) is 0 Å². The van der Waals surface area contributed by atoms with E-state index in [0.29, 0.717) is 23.5 Å². The van der Waals surface area contributed by atoms with Crippen LogP contribution in [-0.4, -0.2) is 21.3 Å². The van der Waals surface area contributed by atoms with E-state index >= 15 is 0 Å². The normalized spacial score (nSPS) is 10.7. The van der Waals surface area contributed by atoms with Crippen molar-refractivity contribution in [3.8, 4) is 17.6 Å². The molecule has 0 bridgehead atoms. The van der Waals surface area contributed by atoms with Crippen molar-refractivity contribution in [2.75, 3.05) is 21.3 Å². The van der Waals surface area contributed by atoms with Crippen LogP contribution in [0.4, 0.5) is 0 Å². The zero-order valence-corrected chi connectivity index (χ0v) is 11.1. The van der Waals surface area contributed by atoms with Crippen LogP contribution in [-0.2, 0) is 11.2 Å². The number of ether oxygens (including phenoxy) is 3. The van der Waals surface area contributed by atoms with Gasteiger partial charge in [-0.25, -0.2) is 0 Å². The number of nitrogens with zero attached hydrogens (tertiary/aromatic N) is 1. The van der Waals surface area contributed by atoms with Gasteiger partial charge < -0.3 is 14.2 Å². The average Bonchev–Trinajstić information content (AvgIpc) is 2.39. The van der Waals surface area contributed by atoms with Gasteiger partial charge in [-0.15, -0.1) is 0 Å². The number of nitriles is 1. The molecule has 0 aromatic heterocycles. The van der Waals surface area contributed by atoms with Gasteiger partial charge in [-0.1, -0.05) is 0 Å². The highest BCUT2D eigenvalue weighted by molar-refractivity contribution is 5.48. The number of rotatable bonds is 5. The first-order valence-electron chi connectivity index (χ1n) is 5.49. The minimum atomic E-state index is 0.510. The maximum Gasteiger partial charge on any atom is 0.161 e. The van der Waals surface area contributed by atoms with Crippen LogP contribution in [0.15, 0.2) is 24.0 Å². The third kappa shape index (κ3) is 3.17. The Morgan fingerprint density at radius 1 is 1.22 bits per heavy atom. The molecule has 0 aliphatic heterocycles. The number of benzene rings is 1. The van der Waals surface area contributed by atoms with E-state index in [4.69, 9.17) is 19.5 Å². The summed E-state index contributed by atoms with van der Waals surface area (Å²) < 4.78 is 15.3.